The molecular formula is C11H20ClN3O3. The Morgan fingerprint density at radius 3 is 2.72 bits per heavy atom. The Morgan fingerprint density at radius 2 is 2.06 bits per heavy atom. The second-order valence-corrected chi connectivity index (χ2v) is 4.46. The van der Waals surface area contributed by atoms with Crippen LogP contribution in [0.5, 0.6) is 0 Å². The molecule has 2 heterocycles. The number of carbonyl (C=O) groups is 2. The molecule has 0 aromatic heterocycles. The Labute approximate surface area is 113 Å². The zero-order valence-electron chi connectivity index (χ0n) is 10.6. The van der Waals surface area contributed by atoms with Gasteiger partial charge in [0.2, 0.25) is 11.8 Å². The van der Waals surface area contributed by atoms with Crippen molar-refractivity contribution in [2.45, 2.75) is 12.5 Å². The number of nitrogens with zero attached hydrogens (tertiary/aromatic N) is 2. The fraction of sp³-hybridized carbons (Fsp3) is 0.818. The molecule has 2 amide bonds. The van der Waals surface area contributed by atoms with Gasteiger partial charge in [0.15, 0.2) is 0 Å². The van der Waals surface area contributed by atoms with Gasteiger partial charge < -0.3 is 19.9 Å². The van der Waals surface area contributed by atoms with E-state index in [0.717, 1.165) is 6.54 Å². The molecule has 0 aromatic rings. The highest BCUT2D eigenvalue weighted by atomic mass is 35.5. The van der Waals surface area contributed by atoms with Gasteiger partial charge in [0, 0.05) is 33.2 Å². The first-order valence-electron chi connectivity index (χ1n) is 6.02. The molecule has 0 saturated carbocycles. The van der Waals surface area contributed by atoms with Crippen LogP contribution in [0.25, 0.3) is 0 Å². The van der Waals surface area contributed by atoms with Crippen molar-refractivity contribution in [2.24, 2.45) is 0 Å². The minimum absolute atomic E-state index is 0. The molecule has 6 nitrogen and oxygen atoms in total. The fourth-order valence-electron chi connectivity index (χ4n) is 2.15. The van der Waals surface area contributed by atoms with Crippen molar-refractivity contribution in [1.29, 1.82) is 0 Å². The number of piperazine rings is 1. The molecule has 1 atom stereocenters. The third-order valence-corrected chi connectivity index (χ3v) is 3.25. The molecule has 2 aliphatic rings. The van der Waals surface area contributed by atoms with E-state index in [1.807, 2.05) is 0 Å². The minimum atomic E-state index is -0.357. The number of hydrogen-bond donors (Lipinski definition) is 1. The lowest BCUT2D eigenvalue weighted by Crippen LogP contribution is -2.55. The van der Waals surface area contributed by atoms with Gasteiger partial charge in [-0.15, -0.1) is 12.4 Å². The second kappa shape index (κ2) is 6.92. The summed E-state index contributed by atoms with van der Waals surface area (Å²) in [6.07, 6.45) is 0.253. The molecule has 1 unspecified atom stereocenters. The summed E-state index contributed by atoms with van der Waals surface area (Å²) in [5.41, 5.74) is 0. The highest BCUT2D eigenvalue weighted by molar-refractivity contribution is 5.88. The zero-order valence-corrected chi connectivity index (χ0v) is 11.4. The van der Waals surface area contributed by atoms with Gasteiger partial charge in [-0.25, -0.2) is 0 Å². The molecule has 2 aliphatic heterocycles. The number of carbonyl (C=O) groups excluding carboxylic acids is 2. The molecular weight excluding hydrogens is 258 g/mol. The molecule has 7 heteroatoms. The summed E-state index contributed by atoms with van der Waals surface area (Å²) in [4.78, 5) is 27.2. The van der Waals surface area contributed by atoms with E-state index in [0.29, 0.717) is 32.8 Å². The molecule has 0 aliphatic carbocycles. The first-order valence-corrected chi connectivity index (χ1v) is 6.02. The van der Waals surface area contributed by atoms with Crippen LogP contribution in [0.2, 0.25) is 0 Å². The fourth-order valence-corrected chi connectivity index (χ4v) is 2.15. The summed E-state index contributed by atoms with van der Waals surface area (Å²) in [6.45, 7) is 3.92. The van der Waals surface area contributed by atoms with E-state index < -0.39 is 0 Å². The van der Waals surface area contributed by atoms with Crippen LogP contribution >= 0.6 is 12.4 Å². The molecule has 1 N–H and O–H groups in total. The largest absolute Gasteiger partial charge is 0.378 e. The van der Waals surface area contributed by atoms with Gasteiger partial charge in [-0.05, 0) is 0 Å². The van der Waals surface area contributed by atoms with Crippen molar-refractivity contribution in [3.63, 3.8) is 0 Å². The third kappa shape index (κ3) is 3.57. The number of likely N-dealkylation sites (N-methyl/N-ethyl adjacent to an activating group) is 1. The number of rotatable bonds is 2. The topological polar surface area (TPSA) is 61.9 Å². The molecule has 0 bridgehead atoms. The summed E-state index contributed by atoms with van der Waals surface area (Å²) in [5.74, 6) is 0.0484. The SMILES string of the molecule is CN1CCNC(CC(=O)N2CCOCC2)C1=O.Cl. The number of hydrogen-bond acceptors (Lipinski definition) is 4. The maximum absolute atomic E-state index is 12.0. The van der Waals surface area contributed by atoms with Gasteiger partial charge in [-0.2, -0.15) is 0 Å². The Kier molecular flexibility index (Phi) is 5.84. The normalized spacial score (nSPS) is 24.7. The predicted octanol–water partition coefficient (Wildman–Crippen LogP) is -0.913. The average molecular weight is 278 g/mol. The monoisotopic (exact) mass is 277 g/mol. The number of amides is 2. The molecule has 2 fully saturated rings. The van der Waals surface area contributed by atoms with Crippen molar-refractivity contribution in [1.82, 2.24) is 15.1 Å². The molecule has 0 radical (unpaired) electrons. The highest BCUT2D eigenvalue weighted by Crippen LogP contribution is 2.07. The van der Waals surface area contributed by atoms with Crippen LogP contribution in [0.15, 0.2) is 0 Å². The van der Waals surface area contributed by atoms with E-state index in [1.54, 1.807) is 16.8 Å². The summed E-state index contributed by atoms with van der Waals surface area (Å²) in [7, 11) is 1.77. The van der Waals surface area contributed by atoms with Crippen LogP contribution in [0.1, 0.15) is 6.42 Å². The van der Waals surface area contributed by atoms with Gasteiger partial charge in [-0.3, -0.25) is 9.59 Å². The summed E-state index contributed by atoms with van der Waals surface area (Å²) in [6, 6.07) is -0.357. The molecule has 0 aromatic carbocycles. The number of halogens is 1. The molecule has 2 rings (SSSR count). The second-order valence-electron chi connectivity index (χ2n) is 4.46. The maximum Gasteiger partial charge on any atom is 0.240 e. The first kappa shape index (κ1) is 15.2. The lowest BCUT2D eigenvalue weighted by atomic mass is 10.1. The lowest BCUT2D eigenvalue weighted by Gasteiger charge is -2.32. The van der Waals surface area contributed by atoms with Gasteiger partial charge in [0.1, 0.15) is 0 Å². The van der Waals surface area contributed by atoms with Crippen molar-refractivity contribution in [2.75, 3.05) is 46.4 Å². The van der Waals surface area contributed by atoms with E-state index in [9.17, 15) is 9.59 Å². The molecule has 104 valence electrons. The van der Waals surface area contributed by atoms with Crippen molar-refractivity contribution in [3.05, 3.63) is 0 Å². The molecule has 18 heavy (non-hydrogen) atoms. The number of morpholine rings is 1. The number of ether oxygens (including phenoxy) is 1. The van der Waals surface area contributed by atoms with Crippen LogP contribution in [0.4, 0.5) is 0 Å². The van der Waals surface area contributed by atoms with E-state index in [2.05, 4.69) is 5.32 Å². The van der Waals surface area contributed by atoms with Gasteiger partial charge >= 0.3 is 0 Å². The third-order valence-electron chi connectivity index (χ3n) is 3.25. The van der Waals surface area contributed by atoms with E-state index >= 15 is 0 Å². The van der Waals surface area contributed by atoms with Crippen molar-refractivity contribution in [3.8, 4) is 0 Å². The smallest absolute Gasteiger partial charge is 0.240 e. The van der Waals surface area contributed by atoms with Crippen LogP contribution in [0.3, 0.4) is 0 Å². The number of nitrogens with one attached hydrogen (secondary N) is 1. The maximum atomic E-state index is 12.0. The van der Waals surface area contributed by atoms with Crippen molar-refractivity contribution < 1.29 is 14.3 Å². The summed E-state index contributed by atoms with van der Waals surface area (Å²) in [5, 5.41) is 3.10. The Bertz CT molecular complexity index is 308. The molecule has 2 saturated heterocycles. The van der Waals surface area contributed by atoms with E-state index in [-0.39, 0.29) is 36.7 Å². The Morgan fingerprint density at radius 1 is 1.39 bits per heavy atom. The van der Waals surface area contributed by atoms with E-state index in [4.69, 9.17) is 4.74 Å². The van der Waals surface area contributed by atoms with Crippen LogP contribution in [-0.4, -0.2) is 74.1 Å². The minimum Gasteiger partial charge on any atom is -0.378 e. The predicted molar refractivity (Wildman–Crippen MR) is 68.7 cm³/mol. The zero-order chi connectivity index (χ0) is 12.3. The summed E-state index contributed by atoms with van der Waals surface area (Å²) >= 11 is 0. The Balaban J connectivity index is 0.00000162. The van der Waals surface area contributed by atoms with Gasteiger partial charge in [0.05, 0.1) is 25.7 Å². The van der Waals surface area contributed by atoms with Crippen LogP contribution in [-0.2, 0) is 14.3 Å². The quantitative estimate of drug-likeness (QED) is 0.710. The van der Waals surface area contributed by atoms with Crippen LogP contribution in [0, 0.1) is 0 Å². The highest BCUT2D eigenvalue weighted by Gasteiger charge is 2.29. The van der Waals surface area contributed by atoms with Gasteiger partial charge in [0.25, 0.3) is 0 Å². The first-order chi connectivity index (χ1) is 8.18. The summed E-state index contributed by atoms with van der Waals surface area (Å²) < 4.78 is 5.19. The van der Waals surface area contributed by atoms with E-state index in [1.165, 1.54) is 0 Å². The van der Waals surface area contributed by atoms with Crippen molar-refractivity contribution >= 4 is 24.2 Å². The van der Waals surface area contributed by atoms with Crippen LogP contribution < -0.4 is 5.32 Å². The standard InChI is InChI=1S/C11H19N3O3.ClH/c1-13-3-2-12-9(11(13)16)8-10(15)14-4-6-17-7-5-14;/h9,12H,2-8H2,1H3;1H. The van der Waals surface area contributed by atoms with Gasteiger partial charge in [-0.1, -0.05) is 0 Å². The lowest BCUT2D eigenvalue weighted by molar-refractivity contribution is -0.142. The Hall–Kier alpha value is -0.850. The average Bonchev–Trinajstić information content (AvgIpc) is 2.36. The molecule has 0 spiro atoms.